The van der Waals surface area contributed by atoms with E-state index in [1.807, 2.05) is 4.90 Å². The highest BCUT2D eigenvalue weighted by molar-refractivity contribution is 7.89. The van der Waals surface area contributed by atoms with Crippen molar-refractivity contribution in [1.82, 2.24) is 10.0 Å². The van der Waals surface area contributed by atoms with Gasteiger partial charge in [-0.15, -0.1) is 0 Å². The molecule has 30 heavy (non-hydrogen) atoms. The van der Waals surface area contributed by atoms with Crippen LogP contribution in [0.1, 0.15) is 59.3 Å². The lowest BCUT2D eigenvalue weighted by atomic mass is 9.88. The zero-order valence-corrected chi connectivity index (χ0v) is 19.0. The number of piperidine rings is 1. The van der Waals surface area contributed by atoms with Crippen molar-refractivity contribution in [3.63, 3.8) is 0 Å². The third kappa shape index (κ3) is 5.70. The molecule has 0 radical (unpaired) electrons. The quantitative estimate of drug-likeness (QED) is 0.499. The van der Waals surface area contributed by atoms with Crippen LogP contribution in [0.5, 0.6) is 0 Å². The molecule has 0 spiro atoms. The van der Waals surface area contributed by atoms with Gasteiger partial charge in [0.25, 0.3) is 5.69 Å². The summed E-state index contributed by atoms with van der Waals surface area (Å²) in [6, 6.07) is 5.00. The van der Waals surface area contributed by atoms with Crippen molar-refractivity contribution in [3.8, 4) is 0 Å². The van der Waals surface area contributed by atoms with E-state index in [1.54, 1.807) is 6.07 Å². The first-order valence-corrected chi connectivity index (χ1v) is 12.5. The molecule has 0 amide bonds. The van der Waals surface area contributed by atoms with Crippen LogP contribution in [0.4, 0.5) is 11.4 Å². The number of anilines is 1. The van der Waals surface area contributed by atoms with Gasteiger partial charge in [-0.3, -0.25) is 10.1 Å². The number of sulfonamides is 1. The zero-order valence-electron chi connectivity index (χ0n) is 18.1. The minimum Gasteiger partial charge on any atom is -0.366 e. The summed E-state index contributed by atoms with van der Waals surface area (Å²) in [5, 5.41) is 15.2. The molecule has 1 aromatic rings. The van der Waals surface area contributed by atoms with Gasteiger partial charge in [-0.25, -0.2) is 13.1 Å². The number of nitrogens with one attached hydrogen (secondary N) is 2. The second-order valence-corrected chi connectivity index (χ2v) is 10.8. The normalized spacial score (nSPS) is 23.7. The third-order valence-electron chi connectivity index (χ3n) is 6.20. The molecule has 0 bridgehead atoms. The van der Waals surface area contributed by atoms with Gasteiger partial charge in [-0.1, -0.05) is 20.8 Å². The van der Waals surface area contributed by atoms with Crippen molar-refractivity contribution in [2.45, 2.75) is 82.3 Å². The van der Waals surface area contributed by atoms with E-state index in [-0.39, 0.29) is 16.6 Å². The van der Waals surface area contributed by atoms with Gasteiger partial charge in [0, 0.05) is 37.3 Å². The number of hydrogen-bond donors (Lipinski definition) is 2. The summed E-state index contributed by atoms with van der Waals surface area (Å²) in [5.74, 6) is 0.617. The zero-order chi connectivity index (χ0) is 21.9. The summed E-state index contributed by atoms with van der Waals surface area (Å²) in [6.07, 6.45) is 5.40. The van der Waals surface area contributed by atoms with Crippen molar-refractivity contribution in [1.29, 1.82) is 0 Å². The second kappa shape index (κ2) is 9.62. The number of nitro benzene ring substituents is 1. The van der Waals surface area contributed by atoms with Gasteiger partial charge in [0.2, 0.25) is 10.0 Å². The van der Waals surface area contributed by atoms with Crippen molar-refractivity contribution in [2.24, 2.45) is 5.92 Å². The van der Waals surface area contributed by atoms with Crippen LogP contribution in [0.2, 0.25) is 0 Å². The predicted molar refractivity (Wildman–Crippen MR) is 118 cm³/mol. The molecule has 2 fully saturated rings. The van der Waals surface area contributed by atoms with Crippen LogP contribution in [-0.2, 0) is 10.0 Å². The molecular formula is C21H34N4O4S. The number of nitrogens with zero attached hydrogens (tertiary/aromatic N) is 2. The smallest absolute Gasteiger partial charge is 0.293 e. The maximum absolute atomic E-state index is 12.8. The Hall–Kier alpha value is -1.71. The Morgan fingerprint density at radius 3 is 2.27 bits per heavy atom. The van der Waals surface area contributed by atoms with Gasteiger partial charge in [-0.2, -0.15) is 0 Å². The molecule has 168 valence electrons. The van der Waals surface area contributed by atoms with Gasteiger partial charge in [0.15, 0.2) is 0 Å². The molecule has 1 aromatic carbocycles. The SMILES string of the molecule is CC1CCC(NS(=O)(=O)c2ccc(N3CCC(NC(C)C)CC3)c([N+](=O)[O-])c2)CC1. The van der Waals surface area contributed by atoms with Crippen molar-refractivity contribution < 1.29 is 13.3 Å². The lowest BCUT2D eigenvalue weighted by molar-refractivity contribution is -0.384. The number of nitro groups is 1. The minimum absolute atomic E-state index is 0.0343. The molecule has 1 aliphatic carbocycles. The van der Waals surface area contributed by atoms with Crippen LogP contribution in [0.25, 0.3) is 0 Å². The van der Waals surface area contributed by atoms with Gasteiger partial charge >= 0.3 is 0 Å². The van der Waals surface area contributed by atoms with E-state index in [4.69, 9.17) is 0 Å². The fraction of sp³-hybridized carbons (Fsp3) is 0.714. The van der Waals surface area contributed by atoms with E-state index >= 15 is 0 Å². The largest absolute Gasteiger partial charge is 0.366 e. The topological polar surface area (TPSA) is 105 Å². The Morgan fingerprint density at radius 1 is 1.07 bits per heavy atom. The van der Waals surface area contributed by atoms with Crippen LogP contribution in [-0.4, -0.2) is 44.6 Å². The first kappa shape index (κ1) is 23.0. The molecule has 0 unspecified atom stereocenters. The summed E-state index contributed by atoms with van der Waals surface area (Å²) < 4.78 is 28.4. The van der Waals surface area contributed by atoms with E-state index in [0.717, 1.165) is 38.5 Å². The van der Waals surface area contributed by atoms with Gasteiger partial charge < -0.3 is 10.2 Å². The highest BCUT2D eigenvalue weighted by Crippen LogP contribution is 2.33. The molecule has 0 atom stereocenters. The average molecular weight is 439 g/mol. The van der Waals surface area contributed by atoms with Gasteiger partial charge in [-0.05, 0) is 56.6 Å². The van der Waals surface area contributed by atoms with Gasteiger partial charge in [0.1, 0.15) is 5.69 Å². The maximum atomic E-state index is 12.8. The molecule has 0 aromatic heterocycles. The molecule has 1 saturated heterocycles. The van der Waals surface area contributed by atoms with Crippen LogP contribution < -0.4 is 14.9 Å². The Kier molecular flexibility index (Phi) is 7.36. The van der Waals surface area contributed by atoms with Gasteiger partial charge in [0.05, 0.1) is 9.82 Å². The van der Waals surface area contributed by atoms with E-state index in [9.17, 15) is 18.5 Å². The van der Waals surface area contributed by atoms with Crippen molar-refractivity contribution >= 4 is 21.4 Å². The molecule has 3 rings (SSSR count). The Balaban J connectivity index is 1.74. The highest BCUT2D eigenvalue weighted by atomic mass is 32.2. The number of benzene rings is 1. The maximum Gasteiger partial charge on any atom is 0.293 e. The average Bonchev–Trinajstić information content (AvgIpc) is 2.69. The second-order valence-electron chi connectivity index (χ2n) is 9.07. The first-order chi connectivity index (χ1) is 14.2. The fourth-order valence-corrected chi connectivity index (χ4v) is 5.83. The molecular weight excluding hydrogens is 404 g/mol. The van der Waals surface area contributed by atoms with Crippen molar-refractivity contribution in [3.05, 3.63) is 28.3 Å². The van der Waals surface area contributed by atoms with E-state index in [2.05, 4.69) is 30.8 Å². The van der Waals surface area contributed by atoms with E-state index < -0.39 is 14.9 Å². The lowest BCUT2D eigenvalue weighted by Crippen LogP contribution is -2.44. The predicted octanol–water partition coefficient (Wildman–Crippen LogP) is 3.42. The molecule has 8 nitrogen and oxygen atoms in total. The van der Waals surface area contributed by atoms with Crippen molar-refractivity contribution in [2.75, 3.05) is 18.0 Å². The Morgan fingerprint density at radius 2 is 1.70 bits per heavy atom. The molecule has 2 aliphatic rings. The minimum atomic E-state index is -3.79. The number of rotatable bonds is 7. The third-order valence-corrected chi connectivity index (χ3v) is 7.71. The molecule has 2 N–H and O–H groups in total. The molecule has 1 saturated carbocycles. The Labute approximate surface area is 179 Å². The summed E-state index contributed by atoms with van der Waals surface area (Å²) in [7, 11) is -3.79. The highest BCUT2D eigenvalue weighted by Gasteiger charge is 2.29. The van der Waals surface area contributed by atoms with Crippen LogP contribution in [0.3, 0.4) is 0 Å². The first-order valence-electron chi connectivity index (χ1n) is 11.0. The monoisotopic (exact) mass is 438 g/mol. The lowest BCUT2D eigenvalue weighted by Gasteiger charge is -2.34. The molecule has 1 heterocycles. The standard InChI is InChI=1S/C21H34N4O4S/c1-15(2)22-17-10-12-24(13-11-17)20-9-8-19(14-21(20)25(26)27)30(28,29)23-18-6-4-16(3)5-7-18/h8-9,14-18,22-23H,4-7,10-13H2,1-3H3. The van der Waals surface area contributed by atoms with E-state index in [0.29, 0.717) is 36.8 Å². The summed E-state index contributed by atoms with van der Waals surface area (Å²) in [6.45, 7) is 7.80. The van der Waals surface area contributed by atoms with E-state index in [1.165, 1.54) is 12.1 Å². The fourth-order valence-electron chi connectivity index (χ4n) is 4.51. The number of hydrogen-bond acceptors (Lipinski definition) is 6. The van der Waals surface area contributed by atoms with Crippen LogP contribution >= 0.6 is 0 Å². The summed E-state index contributed by atoms with van der Waals surface area (Å²) in [5.41, 5.74) is 0.346. The van der Waals surface area contributed by atoms with Crippen LogP contribution in [0.15, 0.2) is 23.1 Å². The molecule has 1 aliphatic heterocycles. The molecule has 9 heteroatoms. The van der Waals surface area contributed by atoms with Crippen LogP contribution in [0, 0.1) is 16.0 Å². The Bertz CT molecular complexity index is 843. The summed E-state index contributed by atoms with van der Waals surface area (Å²) in [4.78, 5) is 13.2. The summed E-state index contributed by atoms with van der Waals surface area (Å²) >= 11 is 0.